The molecule has 154 valence electrons. The van der Waals surface area contributed by atoms with Crippen molar-refractivity contribution in [2.75, 3.05) is 24.4 Å². The molecular formula is C24H24N2O4. The standard InChI is InChI=1S/C24H24N2O4/c1-3-30-21-12-8-7-11-20(21)26-23(27)22(17-9-5-4-6-10-17)25-19-15-13-18(14-16-19)24(28)29-2/h4-16,22,25H,3H2,1-2H3,(H,26,27)/t22-/m1/s1. The van der Waals surface area contributed by atoms with Gasteiger partial charge in [0.15, 0.2) is 0 Å². The summed E-state index contributed by atoms with van der Waals surface area (Å²) in [6.45, 7) is 2.39. The van der Waals surface area contributed by atoms with Crippen molar-refractivity contribution < 1.29 is 19.1 Å². The van der Waals surface area contributed by atoms with Crippen LogP contribution >= 0.6 is 0 Å². The lowest BCUT2D eigenvalue weighted by Crippen LogP contribution is -2.27. The summed E-state index contributed by atoms with van der Waals surface area (Å²) >= 11 is 0. The first kappa shape index (κ1) is 20.9. The van der Waals surface area contributed by atoms with E-state index in [0.29, 0.717) is 29.3 Å². The lowest BCUT2D eigenvalue weighted by molar-refractivity contribution is -0.117. The van der Waals surface area contributed by atoms with Gasteiger partial charge in [-0.2, -0.15) is 0 Å². The Labute approximate surface area is 175 Å². The number of hydrogen-bond acceptors (Lipinski definition) is 5. The molecule has 0 aliphatic heterocycles. The number of carbonyl (C=O) groups excluding carboxylic acids is 2. The third kappa shape index (κ3) is 5.17. The molecule has 0 unspecified atom stereocenters. The predicted octanol–water partition coefficient (Wildman–Crippen LogP) is 4.66. The van der Waals surface area contributed by atoms with Crippen LogP contribution in [0.5, 0.6) is 5.75 Å². The lowest BCUT2D eigenvalue weighted by atomic mass is 10.1. The van der Waals surface area contributed by atoms with Crippen LogP contribution in [0.1, 0.15) is 28.9 Å². The predicted molar refractivity (Wildman–Crippen MR) is 117 cm³/mol. The Hall–Kier alpha value is -3.80. The second kappa shape index (κ2) is 10.1. The van der Waals surface area contributed by atoms with E-state index in [9.17, 15) is 9.59 Å². The fourth-order valence-corrected chi connectivity index (χ4v) is 2.99. The fourth-order valence-electron chi connectivity index (χ4n) is 2.99. The van der Waals surface area contributed by atoms with Gasteiger partial charge in [0, 0.05) is 5.69 Å². The van der Waals surface area contributed by atoms with Crippen LogP contribution in [0.2, 0.25) is 0 Å². The SMILES string of the molecule is CCOc1ccccc1NC(=O)[C@H](Nc1ccc(C(=O)OC)cc1)c1ccccc1. The molecule has 0 radical (unpaired) electrons. The molecule has 6 nitrogen and oxygen atoms in total. The molecule has 0 fully saturated rings. The van der Waals surface area contributed by atoms with Gasteiger partial charge in [-0.25, -0.2) is 4.79 Å². The monoisotopic (exact) mass is 404 g/mol. The number of esters is 1. The third-order valence-corrected chi connectivity index (χ3v) is 4.46. The second-order valence-corrected chi connectivity index (χ2v) is 6.48. The largest absolute Gasteiger partial charge is 0.492 e. The van der Waals surface area contributed by atoms with Crippen LogP contribution in [-0.2, 0) is 9.53 Å². The van der Waals surface area contributed by atoms with Gasteiger partial charge in [-0.1, -0.05) is 42.5 Å². The van der Waals surface area contributed by atoms with E-state index in [4.69, 9.17) is 9.47 Å². The highest BCUT2D eigenvalue weighted by molar-refractivity contribution is 5.98. The number of methoxy groups -OCH3 is 1. The van der Waals surface area contributed by atoms with Gasteiger partial charge in [0.05, 0.1) is 25.0 Å². The van der Waals surface area contributed by atoms with Gasteiger partial charge in [-0.15, -0.1) is 0 Å². The highest BCUT2D eigenvalue weighted by Crippen LogP contribution is 2.27. The van der Waals surface area contributed by atoms with E-state index in [1.54, 1.807) is 30.3 Å². The summed E-state index contributed by atoms with van der Waals surface area (Å²) in [6.07, 6.45) is 0. The zero-order valence-corrected chi connectivity index (χ0v) is 16.9. The van der Waals surface area contributed by atoms with Gasteiger partial charge in [-0.3, -0.25) is 4.79 Å². The van der Waals surface area contributed by atoms with Crippen LogP contribution in [-0.4, -0.2) is 25.6 Å². The molecule has 6 heteroatoms. The molecule has 3 aromatic carbocycles. The van der Waals surface area contributed by atoms with Gasteiger partial charge in [0.1, 0.15) is 11.8 Å². The van der Waals surface area contributed by atoms with E-state index in [-0.39, 0.29) is 5.91 Å². The first-order chi connectivity index (χ1) is 14.6. The van der Waals surface area contributed by atoms with E-state index in [1.165, 1.54) is 7.11 Å². The highest BCUT2D eigenvalue weighted by Gasteiger charge is 2.22. The Morgan fingerprint density at radius 2 is 1.57 bits per heavy atom. The normalized spacial score (nSPS) is 11.3. The van der Waals surface area contributed by atoms with Crippen molar-refractivity contribution in [3.63, 3.8) is 0 Å². The zero-order valence-electron chi connectivity index (χ0n) is 16.9. The number of carbonyl (C=O) groups is 2. The Morgan fingerprint density at radius 3 is 2.23 bits per heavy atom. The summed E-state index contributed by atoms with van der Waals surface area (Å²) in [7, 11) is 1.34. The number of nitrogens with one attached hydrogen (secondary N) is 2. The first-order valence-corrected chi connectivity index (χ1v) is 9.65. The van der Waals surface area contributed by atoms with Crippen molar-refractivity contribution in [1.29, 1.82) is 0 Å². The van der Waals surface area contributed by atoms with Gasteiger partial charge in [-0.05, 0) is 48.9 Å². The molecule has 3 aromatic rings. The summed E-state index contributed by atoms with van der Waals surface area (Å²) < 4.78 is 10.3. The number of anilines is 2. The van der Waals surface area contributed by atoms with Crippen molar-refractivity contribution >= 4 is 23.3 Å². The van der Waals surface area contributed by atoms with E-state index in [2.05, 4.69) is 10.6 Å². The second-order valence-electron chi connectivity index (χ2n) is 6.48. The Kier molecular flexibility index (Phi) is 7.05. The van der Waals surface area contributed by atoms with Crippen molar-refractivity contribution in [2.45, 2.75) is 13.0 Å². The maximum atomic E-state index is 13.2. The molecule has 0 bridgehead atoms. The molecule has 0 spiro atoms. The van der Waals surface area contributed by atoms with Crippen LogP contribution in [0.3, 0.4) is 0 Å². The summed E-state index contributed by atoms with van der Waals surface area (Å²) in [5.74, 6) is -0.0283. The van der Waals surface area contributed by atoms with E-state index in [0.717, 1.165) is 5.56 Å². The van der Waals surface area contributed by atoms with E-state index < -0.39 is 12.0 Å². The lowest BCUT2D eigenvalue weighted by Gasteiger charge is -2.21. The van der Waals surface area contributed by atoms with Crippen molar-refractivity contribution in [3.05, 3.63) is 90.0 Å². The maximum Gasteiger partial charge on any atom is 0.337 e. The Morgan fingerprint density at radius 1 is 0.900 bits per heavy atom. The van der Waals surface area contributed by atoms with Crippen LogP contribution in [0.4, 0.5) is 11.4 Å². The number of ether oxygens (including phenoxy) is 2. The van der Waals surface area contributed by atoms with Gasteiger partial charge in [0.2, 0.25) is 0 Å². The molecule has 1 atom stereocenters. The molecule has 30 heavy (non-hydrogen) atoms. The number of benzene rings is 3. The van der Waals surface area contributed by atoms with E-state index >= 15 is 0 Å². The van der Waals surface area contributed by atoms with Crippen LogP contribution in [0.25, 0.3) is 0 Å². The molecule has 3 rings (SSSR count). The molecule has 0 saturated heterocycles. The molecule has 0 saturated carbocycles. The van der Waals surface area contributed by atoms with E-state index in [1.807, 2.05) is 55.5 Å². The average molecular weight is 404 g/mol. The fraction of sp³-hybridized carbons (Fsp3) is 0.167. The van der Waals surface area contributed by atoms with Crippen molar-refractivity contribution in [3.8, 4) is 5.75 Å². The quantitative estimate of drug-likeness (QED) is 0.534. The minimum atomic E-state index is -0.648. The number of amides is 1. The topological polar surface area (TPSA) is 76.7 Å². The number of para-hydroxylation sites is 2. The maximum absolute atomic E-state index is 13.2. The zero-order chi connectivity index (χ0) is 21.3. The Bertz CT molecular complexity index is 988. The van der Waals surface area contributed by atoms with Crippen LogP contribution < -0.4 is 15.4 Å². The van der Waals surface area contributed by atoms with Crippen LogP contribution in [0.15, 0.2) is 78.9 Å². The molecule has 0 aliphatic carbocycles. The minimum absolute atomic E-state index is 0.231. The van der Waals surface area contributed by atoms with Gasteiger partial charge >= 0.3 is 5.97 Å². The summed E-state index contributed by atoms with van der Waals surface area (Å²) in [4.78, 5) is 24.8. The van der Waals surface area contributed by atoms with Crippen molar-refractivity contribution in [2.24, 2.45) is 0 Å². The summed E-state index contributed by atoms with van der Waals surface area (Å²) in [6, 6.07) is 22.9. The Balaban J connectivity index is 1.85. The minimum Gasteiger partial charge on any atom is -0.492 e. The van der Waals surface area contributed by atoms with Crippen molar-refractivity contribution in [1.82, 2.24) is 0 Å². The molecule has 0 aromatic heterocycles. The molecule has 0 aliphatic rings. The smallest absolute Gasteiger partial charge is 0.337 e. The van der Waals surface area contributed by atoms with Crippen LogP contribution in [0, 0.1) is 0 Å². The third-order valence-electron chi connectivity index (χ3n) is 4.46. The van der Waals surface area contributed by atoms with Gasteiger partial charge in [0.25, 0.3) is 5.91 Å². The first-order valence-electron chi connectivity index (χ1n) is 9.65. The summed E-state index contributed by atoms with van der Waals surface area (Å²) in [5, 5.41) is 6.20. The number of hydrogen-bond donors (Lipinski definition) is 2. The average Bonchev–Trinajstić information content (AvgIpc) is 2.79. The summed E-state index contributed by atoms with van der Waals surface area (Å²) in [5.41, 5.74) is 2.55. The molecular weight excluding hydrogens is 380 g/mol. The number of rotatable bonds is 8. The molecule has 2 N–H and O–H groups in total. The molecule has 0 heterocycles. The van der Waals surface area contributed by atoms with Gasteiger partial charge < -0.3 is 20.1 Å². The highest BCUT2D eigenvalue weighted by atomic mass is 16.5. The molecule has 1 amide bonds.